The molecule has 2 aromatic rings. The van der Waals surface area contributed by atoms with E-state index < -0.39 is 0 Å². The largest absolute Gasteiger partial charge is 0.497 e. The summed E-state index contributed by atoms with van der Waals surface area (Å²) in [5, 5.41) is 3.45. The Hall–Kier alpha value is -2.16. The van der Waals surface area contributed by atoms with Gasteiger partial charge in [-0.05, 0) is 48.7 Å². The van der Waals surface area contributed by atoms with Crippen molar-refractivity contribution in [2.75, 3.05) is 30.9 Å². The van der Waals surface area contributed by atoms with Crippen LogP contribution in [-0.4, -0.2) is 20.7 Å². The number of hydrogen-bond acceptors (Lipinski definition) is 3. The number of ether oxygens (including phenoxy) is 1. The quantitative estimate of drug-likeness (QED) is 0.915. The Morgan fingerprint density at radius 3 is 2.80 bits per heavy atom. The lowest BCUT2D eigenvalue weighted by atomic mass is 10.0. The molecule has 3 heteroatoms. The molecular weight excluding hydrogens is 248 g/mol. The van der Waals surface area contributed by atoms with Crippen LogP contribution < -0.4 is 15.0 Å². The van der Waals surface area contributed by atoms with Crippen LogP contribution in [0.15, 0.2) is 42.5 Å². The average Bonchev–Trinajstić information content (AvgIpc) is 2.47. The van der Waals surface area contributed by atoms with Crippen LogP contribution in [0.25, 0.3) is 0 Å². The normalized spacial score (nSPS) is 13.8. The van der Waals surface area contributed by atoms with Crippen molar-refractivity contribution in [3.8, 4) is 5.75 Å². The molecule has 0 saturated heterocycles. The van der Waals surface area contributed by atoms with Crippen molar-refractivity contribution in [2.45, 2.75) is 12.8 Å². The van der Waals surface area contributed by atoms with E-state index in [-0.39, 0.29) is 0 Å². The van der Waals surface area contributed by atoms with Gasteiger partial charge in [0.25, 0.3) is 0 Å². The molecule has 1 heterocycles. The minimum Gasteiger partial charge on any atom is -0.497 e. The highest BCUT2D eigenvalue weighted by atomic mass is 16.5. The first-order valence-corrected chi connectivity index (χ1v) is 7.01. The first-order chi connectivity index (χ1) is 9.76. The van der Waals surface area contributed by atoms with Crippen LogP contribution in [-0.2, 0) is 6.42 Å². The zero-order valence-electron chi connectivity index (χ0n) is 12.0. The van der Waals surface area contributed by atoms with Crippen molar-refractivity contribution >= 4 is 17.1 Å². The molecule has 0 saturated carbocycles. The molecule has 0 aromatic heterocycles. The highest BCUT2D eigenvalue weighted by Gasteiger charge is 2.13. The van der Waals surface area contributed by atoms with Crippen molar-refractivity contribution in [3.63, 3.8) is 0 Å². The van der Waals surface area contributed by atoms with Crippen LogP contribution in [0.3, 0.4) is 0 Å². The Morgan fingerprint density at radius 1 is 1.10 bits per heavy atom. The highest BCUT2D eigenvalue weighted by Crippen LogP contribution is 2.30. The molecule has 104 valence electrons. The third kappa shape index (κ3) is 2.57. The van der Waals surface area contributed by atoms with Gasteiger partial charge in [-0.1, -0.05) is 6.07 Å². The second-order valence-electron chi connectivity index (χ2n) is 5.23. The van der Waals surface area contributed by atoms with Crippen molar-refractivity contribution in [1.29, 1.82) is 0 Å². The smallest absolute Gasteiger partial charge is 0.120 e. The van der Waals surface area contributed by atoms with Gasteiger partial charge in [0.2, 0.25) is 0 Å². The Bertz CT molecular complexity index is 610. The van der Waals surface area contributed by atoms with Gasteiger partial charge in [0, 0.05) is 36.7 Å². The van der Waals surface area contributed by atoms with Crippen molar-refractivity contribution in [2.24, 2.45) is 0 Å². The van der Waals surface area contributed by atoms with Crippen LogP contribution in [0.4, 0.5) is 17.1 Å². The fraction of sp³-hybridized carbons (Fsp3) is 0.294. The van der Waals surface area contributed by atoms with E-state index >= 15 is 0 Å². The van der Waals surface area contributed by atoms with Crippen molar-refractivity contribution in [1.82, 2.24) is 0 Å². The van der Waals surface area contributed by atoms with Crippen molar-refractivity contribution in [3.05, 3.63) is 48.0 Å². The summed E-state index contributed by atoms with van der Waals surface area (Å²) in [6.45, 7) is 1.15. The first kappa shape index (κ1) is 12.9. The molecule has 0 radical (unpaired) electrons. The Morgan fingerprint density at radius 2 is 1.95 bits per heavy atom. The van der Waals surface area contributed by atoms with E-state index in [4.69, 9.17) is 4.74 Å². The molecule has 20 heavy (non-hydrogen) atoms. The summed E-state index contributed by atoms with van der Waals surface area (Å²) in [5.41, 5.74) is 4.96. The summed E-state index contributed by atoms with van der Waals surface area (Å²) in [5.74, 6) is 0.868. The van der Waals surface area contributed by atoms with E-state index in [1.54, 1.807) is 7.11 Å². The lowest BCUT2D eigenvalue weighted by Gasteiger charge is -2.28. The molecule has 0 aliphatic carbocycles. The predicted octanol–water partition coefficient (Wildman–Crippen LogP) is 3.82. The van der Waals surface area contributed by atoms with Crippen LogP contribution in [0.2, 0.25) is 0 Å². The second-order valence-corrected chi connectivity index (χ2v) is 5.23. The fourth-order valence-electron chi connectivity index (χ4n) is 2.73. The number of aryl methyl sites for hydroxylation is 1. The lowest BCUT2D eigenvalue weighted by Crippen LogP contribution is -2.24. The number of nitrogens with zero attached hydrogens (tertiary/aromatic N) is 1. The second kappa shape index (κ2) is 5.45. The van der Waals surface area contributed by atoms with E-state index in [0.717, 1.165) is 30.1 Å². The fourth-order valence-corrected chi connectivity index (χ4v) is 2.73. The van der Waals surface area contributed by atoms with E-state index in [9.17, 15) is 0 Å². The van der Waals surface area contributed by atoms with Crippen LogP contribution >= 0.6 is 0 Å². The molecule has 0 amide bonds. The predicted molar refractivity (Wildman–Crippen MR) is 84.3 cm³/mol. The zero-order chi connectivity index (χ0) is 13.9. The number of methoxy groups -OCH3 is 1. The van der Waals surface area contributed by atoms with E-state index in [1.165, 1.54) is 17.7 Å². The van der Waals surface area contributed by atoms with Gasteiger partial charge in [-0.15, -0.1) is 0 Å². The summed E-state index contributed by atoms with van der Waals surface area (Å²) in [4.78, 5) is 2.33. The van der Waals surface area contributed by atoms with Gasteiger partial charge in [0.05, 0.1) is 7.11 Å². The van der Waals surface area contributed by atoms with Crippen LogP contribution in [0.5, 0.6) is 5.75 Å². The molecular formula is C17H20N2O. The maximum absolute atomic E-state index is 5.25. The van der Waals surface area contributed by atoms with Gasteiger partial charge < -0.3 is 15.0 Å². The average molecular weight is 268 g/mol. The molecule has 2 aromatic carbocycles. The number of anilines is 3. The lowest BCUT2D eigenvalue weighted by molar-refractivity contribution is 0.415. The summed E-state index contributed by atoms with van der Waals surface area (Å²) < 4.78 is 5.25. The topological polar surface area (TPSA) is 24.5 Å². The molecule has 1 aliphatic rings. The Kier molecular flexibility index (Phi) is 3.50. The van der Waals surface area contributed by atoms with Gasteiger partial charge in [-0.25, -0.2) is 0 Å². The monoisotopic (exact) mass is 268 g/mol. The summed E-state index contributed by atoms with van der Waals surface area (Å²) in [6, 6.07) is 14.6. The summed E-state index contributed by atoms with van der Waals surface area (Å²) in [6.07, 6.45) is 2.39. The Balaban J connectivity index is 1.84. The zero-order valence-corrected chi connectivity index (χ0v) is 12.0. The maximum atomic E-state index is 5.25. The first-order valence-electron chi connectivity index (χ1n) is 7.01. The molecule has 0 spiro atoms. The number of rotatable bonds is 3. The van der Waals surface area contributed by atoms with Gasteiger partial charge in [0.1, 0.15) is 5.75 Å². The van der Waals surface area contributed by atoms with E-state index in [0.29, 0.717) is 0 Å². The molecule has 0 unspecified atom stereocenters. The summed E-state index contributed by atoms with van der Waals surface area (Å²) >= 11 is 0. The maximum Gasteiger partial charge on any atom is 0.120 e. The minimum atomic E-state index is 0.868. The van der Waals surface area contributed by atoms with Gasteiger partial charge in [-0.3, -0.25) is 0 Å². The Labute approximate surface area is 120 Å². The minimum absolute atomic E-state index is 0.868. The molecule has 0 fully saturated rings. The third-order valence-corrected chi connectivity index (χ3v) is 3.79. The van der Waals surface area contributed by atoms with E-state index in [1.807, 2.05) is 24.3 Å². The number of nitrogens with one attached hydrogen (secondary N) is 1. The number of fused-ring (bicyclic) bond motifs is 1. The molecule has 0 bridgehead atoms. The van der Waals surface area contributed by atoms with E-state index in [2.05, 4.69) is 35.5 Å². The van der Waals surface area contributed by atoms with Crippen LogP contribution in [0.1, 0.15) is 12.0 Å². The number of benzene rings is 2. The molecule has 0 atom stereocenters. The van der Waals surface area contributed by atoms with Crippen LogP contribution in [0, 0.1) is 0 Å². The number of hydrogen-bond donors (Lipinski definition) is 1. The molecule has 3 rings (SSSR count). The highest BCUT2D eigenvalue weighted by molar-refractivity contribution is 5.67. The van der Waals surface area contributed by atoms with Crippen molar-refractivity contribution < 1.29 is 4.74 Å². The SMILES string of the molecule is COc1cccc(Nc2ccc3c(c2)CCCN3C)c1. The molecule has 1 aliphatic heterocycles. The van der Waals surface area contributed by atoms with Gasteiger partial charge in [0.15, 0.2) is 0 Å². The summed E-state index contributed by atoms with van der Waals surface area (Å²) in [7, 11) is 3.85. The van der Waals surface area contributed by atoms with Gasteiger partial charge in [-0.2, -0.15) is 0 Å². The molecule has 3 nitrogen and oxygen atoms in total. The molecule has 1 N–H and O–H groups in total. The standard InChI is InChI=1S/C17H20N2O/c1-19-10-4-5-13-11-15(8-9-17(13)19)18-14-6-3-7-16(12-14)20-2/h3,6-9,11-12,18H,4-5,10H2,1-2H3. The third-order valence-electron chi connectivity index (χ3n) is 3.79. The van der Waals surface area contributed by atoms with Gasteiger partial charge >= 0.3 is 0 Å².